The Balaban J connectivity index is 1.98. The summed E-state index contributed by atoms with van der Waals surface area (Å²) >= 11 is 0. The number of hydrogen-bond acceptors (Lipinski definition) is 4. The lowest BCUT2D eigenvalue weighted by atomic mass is 9.63. The summed E-state index contributed by atoms with van der Waals surface area (Å²) in [6, 6.07) is 6.02. The van der Waals surface area contributed by atoms with E-state index >= 15 is 0 Å². The Hall–Kier alpha value is -1.39. The van der Waals surface area contributed by atoms with Crippen molar-refractivity contribution < 1.29 is 4.42 Å². The largest absolute Gasteiger partial charge is 0.441 e. The van der Waals surface area contributed by atoms with Crippen molar-refractivity contribution in [2.45, 2.75) is 32.2 Å². The molecule has 1 aliphatic rings. The van der Waals surface area contributed by atoms with Gasteiger partial charge in [0.1, 0.15) is 5.52 Å². The van der Waals surface area contributed by atoms with Crippen molar-refractivity contribution in [3.05, 3.63) is 29.7 Å². The van der Waals surface area contributed by atoms with Crippen LogP contribution in [-0.2, 0) is 0 Å². The predicted octanol–water partition coefficient (Wildman–Crippen LogP) is 2.27. The van der Waals surface area contributed by atoms with Crippen LogP contribution in [0.1, 0.15) is 36.8 Å². The van der Waals surface area contributed by atoms with Gasteiger partial charge in [0.2, 0.25) is 0 Å². The van der Waals surface area contributed by atoms with Crippen LogP contribution in [0.2, 0.25) is 0 Å². The molecule has 4 N–H and O–H groups in total. The lowest BCUT2D eigenvalue weighted by Crippen LogP contribution is -2.46. The van der Waals surface area contributed by atoms with Crippen molar-refractivity contribution in [2.75, 3.05) is 6.54 Å². The van der Waals surface area contributed by atoms with Crippen LogP contribution in [-0.4, -0.2) is 11.5 Å². The number of rotatable bonds is 3. The average molecular weight is 245 g/mol. The van der Waals surface area contributed by atoms with Gasteiger partial charge in [-0.1, -0.05) is 12.5 Å². The summed E-state index contributed by atoms with van der Waals surface area (Å²) in [5, 5.41) is 0. The fourth-order valence-corrected chi connectivity index (χ4v) is 2.88. The number of aryl methyl sites for hydroxylation is 1. The highest BCUT2D eigenvalue weighted by Gasteiger charge is 2.41. The molecule has 1 fully saturated rings. The monoisotopic (exact) mass is 245 g/mol. The topological polar surface area (TPSA) is 78.1 Å². The van der Waals surface area contributed by atoms with Gasteiger partial charge in [-0.25, -0.2) is 4.98 Å². The van der Waals surface area contributed by atoms with E-state index in [9.17, 15) is 0 Å². The summed E-state index contributed by atoms with van der Waals surface area (Å²) in [4.78, 5) is 4.30. The second-order valence-electron chi connectivity index (χ2n) is 5.36. The Morgan fingerprint density at radius 3 is 2.83 bits per heavy atom. The van der Waals surface area contributed by atoms with Gasteiger partial charge in [-0.05, 0) is 37.1 Å². The number of nitrogens with two attached hydrogens (primary N) is 2. The van der Waals surface area contributed by atoms with Crippen molar-refractivity contribution in [2.24, 2.45) is 16.9 Å². The molecule has 1 aliphatic carbocycles. The van der Waals surface area contributed by atoms with Gasteiger partial charge in [0.25, 0.3) is 0 Å². The van der Waals surface area contributed by atoms with E-state index in [1.54, 1.807) is 0 Å². The summed E-state index contributed by atoms with van der Waals surface area (Å²) in [6.45, 7) is 2.51. The van der Waals surface area contributed by atoms with Gasteiger partial charge in [0.05, 0.1) is 0 Å². The van der Waals surface area contributed by atoms with Crippen LogP contribution in [0.3, 0.4) is 0 Å². The molecule has 0 aliphatic heterocycles. The Kier molecular flexibility index (Phi) is 2.64. The first-order chi connectivity index (χ1) is 8.64. The summed E-state index contributed by atoms with van der Waals surface area (Å²) in [5.41, 5.74) is 15.2. The SMILES string of the molecule is Cc1nc2ccc(C(N)C3(CN)CCC3)cc2o1. The first-order valence-electron chi connectivity index (χ1n) is 6.47. The minimum absolute atomic E-state index is 0.00828. The number of aromatic nitrogens is 1. The number of hydrogen-bond donors (Lipinski definition) is 2. The summed E-state index contributed by atoms with van der Waals surface area (Å²) in [7, 11) is 0. The maximum atomic E-state index is 6.40. The van der Waals surface area contributed by atoms with Crippen LogP contribution < -0.4 is 11.5 Å². The Morgan fingerprint density at radius 1 is 1.44 bits per heavy atom. The fourth-order valence-electron chi connectivity index (χ4n) is 2.88. The van der Waals surface area contributed by atoms with E-state index in [0.29, 0.717) is 12.4 Å². The molecular formula is C14H19N3O. The summed E-state index contributed by atoms with van der Waals surface area (Å²) < 4.78 is 5.56. The first-order valence-corrected chi connectivity index (χ1v) is 6.47. The second kappa shape index (κ2) is 4.07. The third-order valence-electron chi connectivity index (χ3n) is 4.29. The van der Waals surface area contributed by atoms with Gasteiger partial charge < -0.3 is 15.9 Å². The van der Waals surface area contributed by atoms with Crippen molar-refractivity contribution in [1.82, 2.24) is 4.98 Å². The molecule has 96 valence electrons. The van der Waals surface area contributed by atoms with Gasteiger partial charge >= 0.3 is 0 Å². The molecule has 1 unspecified atom stereocenters. The van der Waals surface area contributed by atoms with Gasteiger partial charge in [0.15, 0.2) is 11.5 Å². The van der Waals surface area contributed by atoms with E-state index in [0.717, 1.165) is 29.5 Å². The number of fused-ring (bicyclic) bond motifs is 1. The zero-order valence-corrected chi connectivity index (χ0v) is 10.6. The molecule has 18 heavy (non-hydrogen) atoms. The van der Waals surface area contributed by atoms with E-state index in [4.69, 9.17) is 15.9 Å². The van der Waals surface area contributed by atoms with Crippen molar-refractivity contribution in [1.29, 1.82) is 0 Å². The molecule has 0 spiro atoms. The molecule has 1 atom stereocenters. The molecule has 2 aromatic rings. The number of oxazole rings is 1. The predicted molar refractivity (Wildman–Crippen MR) is 71.0 cm³/mol. The molecule has 0 amide bonds. The van der Waals surface area contributed by atoms with Gasteiger partial charge in [-0.3, -0.25) is 0 Å². The Bertz CT molecular complexity index is 566. The van der Waals surface area contributed by atoms with E-state index < -0.39 is 0 Å². The maximum absolute atomic E-state index is 6.40. The van der Waals surface area contributed by atoms with Gasteiger partial charge in [-0.15, -0.1) is 0 Å². The zero-order chi connectivity index (χ0) is 12.8. The highest BCUT2D eigenvalue weighted by Crippen LogP contribution is 2.48. The van der Waals surface area contributed by atoms with E-state index in [-0.39, 0.29) is 11.5 Å². The van der Waals surface area contributed by atoms with Gasteiger partial charge in [-0.2, -0.15) is 0 Å². The summed E-state index contributed by atoms with van der Waals surface area (Å²) in [5.74, 6) is 0.688. The van der Waals surface area contributed by atoms with E-state index in [1.807, 2.05) is 25.1 Å². The van der Waals surface area contributed by atoms with Crippen LogP contribution in [0.25, 0.3) is 11.1 Å². The molecule has 4 heteroatoms. The third kappa shape index (κ3) is 1.64. The molecule has 1 heterocycles. The molecule has 1 aromatic carbocycles. The van der Waals surface area contributed by atoms with Crippen LogP contribution in [0.4, 0.5) is 0 Å². The fraction of sp³-hybridized carbons (Fsp3) is 0.500. The van der Waals surface area contributed by atoms with Crippen molar-refractivity contribution in [3.8, 4) is 0 Å². The van der Waals surface area contributed by atoms with Crippen LogP contribution in [0, 0.1) is 12.3 Å². The van der Waals surface area contributed by atoms with Crippen LogP contribution >= 0.6 is 0 Å². The third-order valence-corrected chi connectivity index (χ3v) is 4.29. The standard InChI is InChI=1S/C14H19N3O/c1-9-17-11-4-3-10(7-12(11)18-9)13(16)14(8-15)5-2-6-14/h3-4,7,13H,2,5-6,8,15-16H2,1H3. The first kappa shape index (κ1) is 11.7. The molecule has 0 bridgehead atoms. The van der Waals surface area contributed by atoms with Crippen molar-refractivity contribution in [3.63, 3.8) is 0 Å². The van der Waals surface area contributed by atoms with E-state index in [2.05, 4.69) is 4.98 Å². The zero-order valence-electron chi connectivity index (χ0n) is 10.6. The highest BCUT2D eigenvalue weighted by molar-refractivity contribution is 5.73. The summed E-state index contributed by atoms with van der Waals surface area (Å²) in [6.07, 6.45) is 3.48. The normalized spacial score (nSPS) is 19.7. The minimum atomic E-state index is -0.00828. The minimum Gasteiger partial charge on any atom is -0.441 e. The maximum Gasteiger partial charge on any atom is 0.192 e. The van der Waals surface area contributed by atoms with Gasteiger partial charge in [0, 0.05) is 18.4 Å². The van der Waals surface area contributed by atoms with Crippen molar-refractivity contribution >= 4 is 11.1 Å². The highest BCUT2D eigenvalue weighted by atomic mass is 16.3. The molecule has 1 saturated carbocycles. The quantitative estimate of drug-likeness (QED) is 0.869. The Labute approximate surface area is 106 Å². The lowest BCUT2D eigenvalue weighted by Gasteiger charge is -2.45. The average Bonchev–Trinajstić information content (AvgIpc) is 2.67. The molecule has 1 aromatic heterocycles. The van der Waals surface area contributed by atoms with Crippen LogP contribution in [0.5, 0.6) is 0 Å². The van der Waals surface area contributed by atoms with Crippen LogP contribution in [0.15, 0.2) is 22.6 Å². The molecule has 0 radical (unpaired) electrons. The second-order valence-corrected chi connectivity index (χ2v) is 5.36. The molecule has 4 nitrogen and oxygen atoms in total. The Morgan fingerprint density at radius 2 is 2.22 bits per heavy atom. The lowest BCUT2D eigenvalue weighted by molar-refractivity contribution is 0.105. The number of benzene rings is 1. The smallest absolute Gasteiger partial charge is 0.192 e. The molecule has 0 saturated heterocycles. The molecule has 3 rings (SSSR count). The molecular weight excluding hydrogens is 226 g/mol. The number of nitrogens with zero attached hydrogens (tertiary/aromatic N) is 1. The van der Waals surface area contributed by atoms with E-state index in [1.165, 1.54) is 6.42 Å².